The SMILES string of the molecule is Cc1noc(CC(=O)N2CCC(c3nc(-c4ccc(F)cc4)no3)CC2)n1. The molecule has 27 heavy (non-hydrogen) atoms. The summed E-state index contributed by atoms with van der Waals surface area (Å²) in [6, 6.07) is 5.95. The Bertz CT molecular complexity index is 929. The van der Waals surface area contributed by atoms with E-state index in [0.717, 1.165) is 12.8 Å². The molecule has 0 saturated carbocycles. The van der Waals surface area contributed by atoms with Gasteiger partial charge in [-0.15, -0.1) is 0 Å². The van der Waals surface area contributed by atoms with Gasteiger partial charge in [0.15, 0.2) is 5.82 Å². The third kappa shape index (κ3) is 3.86. The van der Waals surface area contributed by atoms with Gasteiger partial charge in [-0.1, -0.05) is 10.3 Å². The molecule has 1 aliphatic rings. The molecule has 3 aromatic rings. The first-order valence-electron chi connectivity index (χ1n) is 8.75. The Morgan fingerprint density at radius 1 is 1.15 bits per heavy atom. The van der Waals surface area contributed by atoms with Gasteiger partial charge in [-0.05, 0) is 44.0 Å². The summed E-state index contributed by atoms with van der Waals surface area (Å²) in [5.41, 5.74) is 0.703. The zero-order valence-corrected chi connectivity index (χ0v) is 14.8. The minimum atomic E-state index is -0.310. The maximum Gasteiger partial charge on any atom is 0.236 e. The van der Waals surface area contributed by atoms with E-state index < -0.39 is 0 Å². The van der Waals surface area contributed by atoms with Crippen LogP contribution in [0.15, 0.2) is 33.3 Å². The normalized spacial score (nSPS) is 15.3. The zero-order valence-electron chi connectivity index (χ0n) is 14.8. The average Bonchev–Trinajstić information content (AvgIpc) is 3.32. The van der Waals surface area contributed by atoms with Crippen molar-refractivity contribution < 1.29 is 18.2 Å². The predicted molar refractivity (Wildman–Crippen MR) is 91.0 cm³/mol. The van der Waals surface area contributed by atoms with Crippen LogP contribution >= 0.6 is 0 Å². The summed E-state index contributed by atoms with van der Waals surface area (Å²) in [4.78, 5) is 22.6. The van der Waals surface area contributed by atoms with E-state index in [1.54, 1.807) is 24.0 Å². The number of amides is 1. The molecule has 0 atom stereocenters. The molecule has 2 aromatic heterocycles. The van der Waals surface area contributed by atoms with E-state index in [-0.39, 0.29) is 24.1 Å². The highest BCUT2D eigenvalue weighted by Gasteiger charge is 2.28. The zero-order chi connectivity index (χ0) is 18.8. The van der Waals surface area contributed by atoms with Crippen molar-refractivity contribution in [3.8, 4) is 11.4 Å². The lowest BCUT2D eigenvalue weighted by atomic mass is 9.96. The minimum Gasteiger partial charge on any atom is -0.342 e. The first kappa shape index (κ1) is 17.3. The van der Waals surface area contributed by atoms with E-state index >= 15 is 0 Å². The van der Waals surface area contributed by atoms with Crippen molar-refractivity contribution in [1.29, 1.82) is 0 Å². The summed E-state index contributed by atoms with van der Waals surface area (Å²) in [6.07, 6.45) is 1.58. The fourth-order valence-electron chi connectivity index (χ4n) is 3.15. The highest BCUT2D eigenvalue weighted by molar-refractivity contribution is 5.77. The fourth-order valence-corrected chi connectivity index (χ4v) is 3.15. The quantitative estimate of drug-likeness (QED) is 0.695. The number of aromatic nitrogens is 4. The number of aryl methyl sites for hydroxylation is 1. The molecule has 1 aromatic carbocycles. The van der Waals surface area contributed by atoms with Crippen LogP contribution in [0.4, 0.5) is 4.39 Å². The first-order valence-corrected chi connectivity index (χ1v) is 8.75. The number of benzene rings is 1. The molecule has 9 heteroatoms. The van der Waals surface area contributed by atoms with Crippen molar-refractivity contribution in [2.45, 2.75) is 32.1 Å². The summed E-state index contributed by atoms with van der Waals surface area (Å²) in [5.74, 6) is 1.60. The summed E-state index contributed by atoms with van der Waals surface area (Å²) in [5, 5.41) is 7.68. The van der Waals surface area contributed by atoms with Gasteiger partial charge < -0.3 is 13.9 Å². The van der Waals surface area contributed by atoms with Crippen molar-refractivity contribution in [3.63, 3.8) is 0 Å². The van der Waals surface area contributed by atoms with Crippen molar-refractivity contribution in [2.75, 3.05) is 13.1 Å². The number of halogens is 1. The largest absolute Gasteiger partial charge is 0.342 e. The van der Waals surface area contributed by atoms with Crippen LogP contribution in [0.2, 0.25) is 0 Å². The standard InChI is InChI=1S/C18H18FN5O3/c1-11-20-15(26-22-11)10-16(25)24-8-6-13(7-9-24)18-21-17(23-27-18)12-2-4-14(19)5-3-12/h2-5,13H,6-10H2,1H3. The van der Waals surface area contributed by atoms with E-state index in [0.29, 0.717) is 42.1 Å². The van der Waals surface area contributed by atoms with E-state index in [1.807, 2.05) is 0 Å². The molecule has 1 aliphatic heterocycles. The number of nitrogens with zero attached hydrogens (tertiary/aromatic N) is 5. The Morgan fingerprint density at radius 3 is 2.56 bits per heavy atom. The maximum atomic E-state index is 13.0. The molecule has 3 heterocycles. The van der Waals surface area contributed by atoms with Gasteiger partial charge in [0.2, 0.25) is 23.5 Å². The van der Waals surface area contributed by atoms with Gasteiger partial charge in [-0.2, -0.15) is 9.97 Å². The Labute approximate surface area is 154 Å². The molecule has 0 unspecified atom stereocenters. The van der Waals surface area contributed by atoms with Crippen molar-refractivity contribution in [2.24, 2.45) is 0 Å². The molecule has 0 radical (unpaired) electrons. The van der Waals surface area contributed by atoms with Crippen LogP contribution in [0.3, 0.4) is 0 Å². The molecular formula is C18H18FN5O3. The number of piperidine rings is 1. The van der Waals surface area contributed by atoms with E-state index in [4.69, 9.17) is 9.05 Å². The molecule has 0 spiro atoms. The van der Waals surface area contributed by atoms with Crippen LogP contribution in [0, 0.1) is 12.7 Å². The van der Waals surface area contributed by atoms with Crippen molar-refractivity contribution in [1.82, 2.24) is 25.2 Å². The summed E-state index contributed by atoms with van der Waals surface area (Å²) < 4.78 is 23.4. The van der Waals surface area contributed by atoms with Crippen molar-refractivity contribution in [3.05, 3.63) is 47.7 Å². The lowest BCUT2D eigenvalue weighted by molar-refractivity contribution is -0.132. The average molecular weight is 371 g/mol. The monoisotopic (exact) mass is 371 g/mol. The Balaban J connectivity index is 1.35. The third-order valence-electron chi connectivity index (χ3n) is 4.61. The van der Waals surface area contributed by atoms with Gasteiger partial charge in [0.05, 0.1) is 0 Å². The predicted octanol–water partition coefficient (Wildman–Crippen LogP) is 2.52. The van der Waals surface area contributed by atoms with Crippen LogP contribution in [0.5, 0.6) is 0 Å². The highest BCUT2D eigenvalue weighted by Crippen LogP contribution is 2.28. The molecule has 0 N–H and O–H groups in total. The molecule has 140 valence electrons. The number of hydrogen-bond acceptors (Lipinski definition) is 7. The van der Waals surface area contributed by atoms with Gasteiger partial charge in [0.25, 0.3) is 0 Å². The Hall–Kier alpha value is -3.10. The van der Waals surface area contributed by atoms with Gasteiger partial charge in [-0.25, -0.2) is 4.39 Å². The molecular weight excluding hydrogens is 353 g/mol. The second kappa shape index (κ2) is 7.26. The Morgan fingerprint density at radius 2 is 1.89 bits per heavy atom. The fraction of sp³-hybridized carbons (Fsp3) is 0.389. The topological polar surface area (TPSA) is 98.2 Å². The van der Waals surface area contributed by atoms with Crippen LogP contribution in [0.1, 0.15) is 36.4 Å². The van der Waals surface area contributed by atoms with E-state index in [1.165, 1.54) is 12.1 Å². The lowest BCUT2D eigenvalue weighted by Gasteiger charge is -2.30. The van der Waals surface area contributed by atoms with Crippen LogP contribution < -0.4 is 0 Å². The minimum absolute atomic E-state index is 0.0327. The summed E-state index contributed by atoms with van der Waals surface area (Å²) in [7, 11) is 0. The van der Waals surface area contributed by atoms with E-state index in [9.17, 15) is 9.18 Å². The lowest BCUT2D eigenvalue weighted by Crippen LogP contribution is -2.38. The molecule has 4 rings (SSSR count). The third-order valence-corrected chi connectivity index (χ3v) is 4.61. The molecule has 1 amide bonds. The molecule has 1 saturated heterocycles. The second-order valence-corrected chi connectivity index (χ2v) is 6.53. The van der Waals surface area contributed by atoms with Crippen LogP contribution in [-0.2, 0) is 11.2 Å². The molecule has 1 fully saturated rings. The summed E-state index contributed by atoms with van der Waals surface area (Å²) in [6.45, 7) is 2.92. The van der Waals surface area contributed by atoms with Crippen LogP contribution in [0.25, 0.3) is 11.4 Å². The molecule has 8 nitrogen and oxygen atoms in total. The maximum absolute atomic E-state index is 13.0. The number of hydrogen-bond donors (Lipinski definition) is 0. The van der Waals surface area contributed by atoms with Crippen molar-refractivity contribution >= 4 is 5.91 Å². The van der Waals surface area contributed by atoms with Crippen LogP contribution in [-0.4, -0.2) is 44.2 Å². The molecule has 0 bridgehead atoms. The highest BCUT2D eigenvalue weighted by atomic mass is 19.1. The van der Waals surface area contributed by atoms with Gasteiger partial charge >= 0.3 is 0 Å². The number of rotatable bonds is 4. The van der Waals surface area contributed by atoms with Gasteiger partial charge in [0.1, 0.15) is 12.2 Å². The number of likely N-dealkylation sites (tertiary alicyclic amines) is 1. The van der Waals surface area contributed by atoms with E-state index in [2.05, 4.69) is 20.3 Å². The molecule has 0 aliphatic carbocycles. The smallest absolute Gasteiger partial charge is 0.236 e. The number of carbonyl (C=O) groups excluding carboxylic acids is 1. The number of carbonyl (C=O) groups is 1. The summed E-state index contributed by atoms with van der Waals surface area (Å²) >= 11 is 0. The second-order valence-electron chi connectivity index (χ2n) is 6.53. The van der Waals surface area contributed by atoms with Gasteiger partial charge in [0, 0.05) is 24.6 Å². The first-order chi connectivity index (χ1) is 13.1. The van der Waals surface area contributed by atoms with Gasteiger partial charge in [-0.3, -0.25) is 4.79 Å². The Kier molecular flexibility index (Phi) is 4.66.